The minimum atomic E-state index is -0.844. The smallest absolute Gasteiger partial charge is 0.307 e. The van der Waals surface area contributed by atoms with Crippen LogP contribution in [-0.4, -0.2) is 17.2 Å². The fourth-order valence-corrected chi connectivity index (χ4v) is 1.55. The molecule has 0 heterocycles. The number of ether oxygens (including phenoxy) is 1. The maximum absolute atomic E-state index is 10.5. The van der Waals surface area contributed by atoms with Gasteiger partial charge in [-0.15, -0.1) is 0 Å². The van der Waals surface area contributed by atoms with Crippen molar-refractivity contribution in [2.24, 2.45) is 0 Å². The first-order valence-corrected chi connectivity index (χ1v) is 5.78. The van der Waals surface area contributed by atoms with E-state index >= 15 is 0 Å². The summed E-state index contributed by atoms with van der Waals surface area (Å²) in [5, 5.41) is 8.63. The standard InChI is InChI=1S/C14H20O3/c1-10(9-13(15)16)17-12-7-5-11(6-8-12)14(2,3)4/h5-8,10H,9H2,1-4H3,(H,15,16)/t10-/m0/s1. The van der Waals surface area contributed by atoms with Crippen LogP contribution >= 0.6 is 0 Å². The van der Waals surface area contributed by atoms with Crippen LogP contribution in [0.4, 0.5) is 0 Å². The van der Waals surface area contributed by atoms with Crippen LogP contribution in [0.25, 0.3) is 0 Å². The Labute approximate surface area is 102 Å². The number of carbonyl (C=O) groups is 1. The number of hydrogen-bond acceptors (Lipinski definition) is 2. The topological polar surface area (TPSA) is 46.5 Å². The molecule has 0 aromatic heterocycles. The second kappa shape index (κ2) is 5.21. The van der Waals surface area contributed by atoms with Gasteiger partial charge in [0.25, 0.3) is 0 Å². The Morgan fingerprint density at radius 2 is 1.82 bits per heavy atom. The Morgan fingerprint density at radius 1 is 1.29 bits per heavy atom. The van der Waals surface area contributed by atoms with Crippen molar-refractivity contribution in [3.05, 3.63) is 29.8 Å². The third-order valence-corrected chi connectivity index (χ3v) is 2.52. The minimum Gasteiger partial charge on any atom is -0.490 e. The molecule has 1 aromatic rings. The number of rotatable bonds is 4. The molecular weight excluding hydrogens is 216 g/mol. The number of hydrogen-bond donors (Lipinski definition) is 1. The third kappa shape index (κ3) is 4.47. The number of aliphatic carboxylic acids is 1. The molecule has 0 fully saturated rings. The molecule has 94 valence electrons. The molecule has 3 nitrogen and oxygen atoms in total. The molecule has 0 aliphatic heterocycles. The minimum absolute atomic E-state index is 0.0149. The zero-order chi connectivity index (χ0) is 13.1. The summed E-state index contributed by atoms with van der Waals surface area (Å²) in [6, 6.07) is 7.81. The van der Waals surface area contributed by atoms with Crippen molar-refractivity contribution in [2.45, 2.75) is 45.6 Å². The molecule has 0 aliphatic carbocycles. The quantitative estimate of drug-likeness (QED) is 0.873. The van der Waals surface area contributed by atoms with Gasteiger partial charge in [0.2, 0.25) is 0 Å². The van der Waals surface area contributed by atoms with Gasteiger partial charge in [-0.2, -0.15) is 0 Å². The highest BCUT2D eigenvalue weighted by atomic mass is 16.5. The Hall–Kier alpha value is -1.51. The van der Waals surface area contributed by atoms with Gasteiger partial charge in [0.1, 0.15) is 11.9 Å². The molecule has 0 unspecified atom stereocenters. The molecule has 0 aliphatic rings. The van der Waals surface area contributed by atoms with E-state index in [9.17, 15) is 4.79 Å². The van der Waals surface area contributed by atoms with Crippen LogP contribution in [0.5, 0.6) is 5.75 Å². The van der Waals surface area contributed by atoms with E-state index < -0.39 is 5.97 Å². The van der Waals surface area contributed by atoms with Crippen LogP contribution in [0.1, 0.15) is 39.7 Å². The van der Waals surface area contributed by atoms with Crippen molar-refractivity contribution >= 4 is 5.97 Å². The van der Waals surface area contributed by atoms with Gasteiger partial charge in [0.05, 0.1) is 6.42 Å². The zero-order valence-electron chi connectivity index (χ0n) is 10.9. The summed E-state index contributed by atoms with van der Waals surface area (Å²) in [5.41, 5.74) is 1.35. The number of carboxylic acid groups (broad SMARTS) is 1. The van der Waals surface area contributed by atoms with E-state index in [2.05, 4.69) is 20.8 Å². The van der Waals surface area contributed by atoms with E-state index in [1.54, 1.807) is 6.92 Å². The lowest BCUT2D eigenvalue weighted by molar-refractivity contribution is -0.138. The van der Waals surface area contributed by atoms with Crippen LogP contribution in [0.3, 0.4) is 0 Å². The predicted molar refractivity (Wildman–Crippen MR) is 67.5 cm³/mol. The average molecular weight is 236 g/mol. The SMILES string of the molecule is C[C@@H](CC(=O)O)Oc1ccc(C(C)(C)C)cc1. The van der Waals surface area contributed by atoms with Crippen LogP contribution in [-0.2, 0) is 10.2 Å². The first-order valence-electron chi connectivity index (χ1n) is 5.78. The average Bonchev–Trinajstić information content (AvgIpc) is 2.15. The first-order chi connectivity index (χ1) is 7.79. The van der Waals surface area contributed by atoms with Gasteiger partial charge in [-0.25, -0.2) is 0 Å². The van der Waals surface area contributed by atoms with Crippen molar-refractivity contribution < 1.29 is 14.6 Å². The summed E-state index contributed by atoms with van der Waals surface area (Å²) < 4.78 is 5.51. The maximum Gasteiger partial charge on any atom is 0.307 e. The normalized spacial score (nSPS) is 13.2. The first kappa shape index (κ1) is 13.6. The summed E-state index contributed by atoms with van der Waals surface area (Å²) in [6.07, 6.45) is -0.297. The maximum atomic E-state index is 10.5. The van der Waals surface area contributed by atoms with Crippen molar-refractivity contribution in [1.29, 1.82) is 0 Å². The van der Waals surface area contributed by atoms with E-state index in [0.29, 0.717) is 5.75 Å². The lowest BCUT2D eigenvalue weighted by atomic mass is 9.87. The van der Waals surface area contributed by atoms with Crippen LogP contribution < -0.4 is 4.74 Å². The monoisotopic (exact) mass is 236 g/mol. The van der Waals surface area contributed by atoms with E-state index in [0.717, 1.165) is 0 Å². The van der Waals surface area contributed by atoms with Crippen molar-refractivity contribution in [3.63, 3.8) is 0 Å². The predicted octanol–water partition coefficient (Wildman–Crippen LogP) is 3.23. The molecule has 0 amide bonds. The molecule has 1 N–H and O–H groups in total. The zero-order valence-corrected chi connectivity index (χ0v) is 10.9. The highest BCUT2D eigenvalue weighted by Gasteiger charge is 2.14. The lowest BCUT2D eigenvalue weighted by Crippen LogP contribution is -2.17. The Balaban J connectivity index is 2.66. The molecule has 3 heteroatoms. The summed E-state index contributed by atoms with van der Waals surface area (Å²) >= 11 is 0. The van der Waals surface area contributed by atoms with E-state index in [1.807, 2.05) is 24.3 Å². The molecule has 0 saturated carbocycles. The number of benzene rings is 1. The van der Waals surface area contributed by atoms with Gasteiger partial charge in [-0.1, -0.05) is 32.9 Å². The van der Waals surface area contributed by atoms with Crippen LogP contribution in [0.15, 0.2) is 24.3 Å². The fraction of sp³-hybridized carbons (Fsp3) is 0.500. The molecule has 1 rings (SSSR count). The molecule has 0 saturated heterocycles. The highest BCUT2D eigenvalue weighted by Crippen LogP contribution is 2.24. The van der Waals surface area contributed by atoms with E-state index in [1.165, 1.54) is 5.56 Å². The van der Waals surface area contributed by atoms with E-state index in [-0.39, 0.29) is 17.9 Å². The van der Waals surface area contributed by atoms with Crippen LogP contribution in [0.2, 0.25) is 0 Å². The summed E-state index contributed by atoms with van der Waals surface area (Å²) in [7, 11) is 0. The fourth-order valence-electron chi connectivity index (χ4n) is 1.55. The molecule has 1 atom stereocenters. The number of carboxylic acids is 1. The van der Waals surface area contributed by atoms with Gasteiger partial charge in [-0.05, 0) is 30.0 Å². The van der Waals surface area contributed by atoms with Gasteiger partial charge in [-0.3, -0.25) is 4.79 Å². The highest BCUT2D eigenvalue weighted by molar-refractivity contribution is 5.67. The van der Waals surface area contributed by atoms with Gasteiger partial charge >= 0.3 is 5.97 Å². The Bertz CT molecular complexity index is 373. The van der Waals surface area contributed by atoms with Crippen molar-refractivity contribution in [2.75, 3.05) is 0 Å². The van der Waals surface area contributed by atoms with Crippen LogP contribution in [0, 0.1) is 0 Å². The third-order valence-electron chi connectivity index (χ3n) is 2.52. The molecule has 0 spiro atoms. The van der Waals surface area contributed by atoms with Gasteiger partial charge < -0.3 is 9.84 Å². The molecule has 1 aromatic carbocycles. The summed E-state index contributed by atoms with van der Waals surface area (Å²) in [4.78, 5) is 10.5. The molecular formula is C14H20O3. The molecule has 0 radical (unpaired) electrons. The molecule has 17 heavy (non-hydrogen) atoms. The second-order valence-electron chi connectivity index (χ2n) is 5.30. The lowest BCUT2D eigenvalue weighted by Gasteiger charge is -2.20. The Morgan fingerprint density at radius 3 is 2.24 bits per heavy atom. The summed E-state index contributed by atoms with van der Waals surface area (Å²) in [6.45, 7) is 8.20. The van der Waals surface area contributed by atoms with Crippen molar-refractivity contribution in [3.8, 4) is 5.75 Å². The second-order valence-corrected chi connectivity index (χ2v) is 5.30. The van der Waals surface area contributed by atoms with E-state index in [4.69, 9.17) is 9.84 Å². The Kier molecular flexibility index (Phi) is 4.16. The molecule has 0 bridgehead atoms. The van der Waals surface area contributed by atoms with Gasteiger partial charge in [0, 0.05) is 0 Å². The summed E-state index contributed by atoms with van der Waals surface area (Å²) in [5.74, 6) is -0.129. The van der Waals surface area contributed by atoms with Gasteiger partial charge in [0.15, 0.2) is 0 Å². The largest absolute Gasteiger partial charge is 0.490 e. The van der Waals surface area contributed by atoms with Crippen molar-refractivity contribution in [1.82, 2.24) is 0 Å².